The molecule has 7 nitrogen and oxygen atoms in total. The number of anilines is 1. The summed E-state index contributed by atoms with van der Waals surface area (Å²) in [6.45, 7) is 8.19. The fourth-order valence-electron chi connectivity index (χ4n) is 2.80. The second kappa shape index (κ2) is 6.96. The van der Waals surface area contributed by atoms with Crippen molar-refractivity contribution in [1.82, 2.24) is 29.7 Å². The highest BCUT2D eigenvalue weighted by molar-refractivity contribution is 5.34. The summed E-state index contributed by atoms with van der Waals surface area (Å²) in [6, 6.07) is 5.76. The van der Waals surface area contributed by atoms with Gasteiger partial charge in [-0.05, 0) is 31.9 Å². The minimum Gasteiger partial charge on any atom is -0.368 e. The van der Waals surface area contributed by atoms with Crippen molar-refractivity contribution in [2.75, 3.05) is 5.73 Å². The summed E-state index contributed by atoms with van der Waals surface area (Å²) in [5, 5.41) is 4.67. The molecule has 0 radical (unpaired) electrons. The average Bonchev–Trinajstić information content (AvgIpc) is 2.93. The molecule has 0 amide bonds. The molecular weight excluding hydrogens is 314 g/mol. The van der Waals surface area contributed by atoms with E-state index in [2.05, 4.69) is 33.9 Å². The Balaban J connectivity index is 2.04. The minimum absolute atomic E-state index is 0.297. The van der Waals surface area contributed by atoms with Crippen LogP contribution in [0.25, 0.3) is 5.82 Å². The van der Waals surface area contributed by atoms with Crippen LogP contribution in [-0.4, -0.2) is 29.7 Å². The van der Waals surface area contributed by atoms with Gasteiger partial charge in [0.1, 0.15) is 5.82 Å². The highest BCUT2D eigenvalue weighted by Gasteiger charge is 2.17. The van der Waals surface area contributed by atoms with E-state index in [1.807, 2.05) is 36.7 Å². The molecule has 0 aliphatic carbocycles. The highest BCUT2D eigenvalue weighted by Crippen LogP contribution is 2.18. The van der Waals surface area contributed by atoms with Crippen LogP contribution in [0.5, 0.6) is 0 Å². The maximum absolute atomic E-state index is 5.74. The van der Waals surface area contributed by atoms with Gasteiger partial charge in [-0.15, -0.1) is 5.10 Å². The van der Waals surface area contributed by atoms with Gasteiger partial charge in [-0.3, -0.25) is 0 Å². The molecule has 0 saturated heterocycles. The second-order valence-electron chi connectivity index (χ2n) is 6.55. The molecule has 0 aliphatic heterocycles. The molecule has 0 atom stereocenters. The minimum atomic E-state index is 0.297. The molecule has 0 unspecified atom stereocenters. The van der Waals surface area contributed by atoms with Crippen LogP contribution in [0, 0.1) is 19.8 Å². The number of nitrogens with zero attached hydrogens (tertiary/aromatic N) is 6. The highest BCUT2D eigenvalue weighted by atomic mass is 15.4. The summed E-state index contributed by atoms with van der Waals surface area (Å²) < 4.78 is 1.81. The van der Waals surface area contributed by atoms with E-state index in [0.29, 0.717) is 18.3 Å². The maximum Gasteiger partial charge on any atom is 0.220 e. The van der Waals surface area contributed by atoms with Gasteiger partial charge >= 0.3 is 0 Å². The van der Waals surface area contributed by atoms with E-state index < -0.39 is 0 Å². The SMILES string of the molecule is Cc1nc(N)nc(C)c1Cc1nc(CC(C)C)nn1-c1ccccn1. The number of nitrogen functional groups attached to an aromatic ring is 1. The van der Waals surface area contributed by atoms with Crippen LogP contribution in [0.2, 0.25) is 0 Å². The van der Waals surface area contributed by atoms with E-state index in [1.165, 1.54) is 0 Å². The van der Waals surface area contributed by atoms with Crippen LogP contribution in [0.15, 0.2) is 24.4 Å². The molecule has 130 valence electrons. The van der Waals surface area contributed by atoms with E-state index in [9.17, 15) is 0 Å². The molecule has 7 heteroatoms. The Labute approximate surface area is 147 Å². The number of nitrogens with two attached hydrogens (primary N) is 1. The number of aromatic nitrogens is 6. The first-order chi connectivity index (χ1) is 11.9. The molecule has 0 fully saturated rings. The third-order valence-electron chi connectivity index (χ3n) is 3.95. The van der Waals surface area contributed by atoms with Gasteiger partial charge in [0.2, 0.25) is 5.95 Å². The normalized spacial score (nSPS) is 11.2. The van der Waals surface area contributed by atoms with Crippen molar-refractivity contribution in [3.05, 3.63) is 53.0 Å². The zero-order valence-electron chi connectivity index (χ0n) is 15.1. The van der Waals surface area contributed by atoms with Crippen molar-refractivity contribution >= 4 is 5.95 Å². The summed E-state index contributed by atoms with van der Waals surface area (Å²) in [6.07, 6.45) is 3.16. The molecule has 0 aliphatic rings. The fourth-order valence-corrected chi connectivity index (χ4v) is 2.80. The number of hydrogen-bond acceptors (Lipinski definition) is 6. The van der Waals surface area contributed by atoms with Crippen molar-refractivity contribution in [3.63, 3.8) is 0 Å². The van der Waals surface area contributed by atoms with Gasteiger partial charge in [0.25, 0.3) is 0 Å². The Bertz CT molecular complexity index is 845. The van der Waals surface area contributed by atoms with E-state index in [4.69, 9.17) is 10.7 Å². The molecule has 2 N–H and O–H groups in total. The first kappa shape index (κ1) is 17.0. The molecule has 0 aromatic carbocycles. The van der Waals surface area contributed by atoms with E-state index in [-0.39, 0.29) is 0 Å². The van der Waals surface area contributed by atoms with E-state index in [1.54, 1.807) is 6.20 Å². The number of pyridine rings is 1. The summed E-state index contributed by atoms with van der Waals surface area (Å²) in [4.78, 5) is 17.7. The van der Waals surface area contributed by atoms with Gasteiger partial charge in [0, 0.05) is 36.0 Å². The first-order valence-corrected chi connectivity index (χ1v) is 8.40. The number of hydrogen-bond donors (Lipinski definition) is 1. The molecule has 25 heavy (non-hydrogen) atoms. The van der Waals surface area contributed by atoms with Crippen molar-refractivity contribution in [3.8, 4) is 5.82 Å². The van der Waals surface area contributed by atoms with Gasteiger partial charge < -0.3 is 5.73 Å². The summed E-state index contributed by atoms with van der Waals surface area (Å²) in [7, 11) is 0. The third kappa shape index (κ3) is 3.81. The largest absolute Gasteiger partial charge is 0.368 e. The van der Waals surface area contributed by atoms with Crippen LogP contribution >= 0.6 is 0 Å². The second-order valence-corrected chi connectivity index (χ2v) is 6.55. The Hall–Kier alpha value is -2.83. The number of aryl methyl sites for hydroxylation is 2. The van der Waals surface area contributed by atoms with E-state index >= 15 is 0 Å². The van der Waals surface area contributed by atoms with Crippen molar-refractivity contribution in [1.29, 1.82) is 0 Å². The third-order valence-corrected chi connectivity index (χ3v) is 3.95. The van der Waals surface area contributed by atoms with Crippen LogP contribution in [0.1, 0.15) is 42.4 Å². The Morgan fingerprint density at radius 1 is 1.08 bits per heavy atom. The zero-order valence-corrected chi connectivity index (χ0v) is 15.1. The molecule has 0 spiro atoms. The Morgan fingerprint density at radius 2 is 1.80 bits per heavy atom. The molecule has 3 rings (SSSR count). The molecule has 0 saturated carbocycles. The Morgan fingerprint density at radius 3 is 2.40 bits per heavy atom. The molecule has 3 aromatic rings. The molecule has 3 aromatic heterocycles. The summed E-state index contributed by atoms with van der Waals surface area (Å²) >= 11 is 0. The van der Waals surface area contributed by atoms with Crippen molar-refractivity contribution < 1.29 is 0 Å². The molecule has 0 bridgehead atoms. The van der Waals surface area contributed by atoms with Gasteiger partial charge in [-0.2, -0.15) is 4.68 Å². The van der Waals surface area contributed by atoms with Crippen LogP contribution in [-0.2, 0) is 12.8 Å². The Kier molecular flexibility index (Phi) is 4.74. The van der Waals surface area contributed by atoms with Crippen molar-refractivity contribution in [2.45, 2.75) is 40.5 Å². The van der Waals surface area contributed by atoms with Crippen LogP contribution in [0.3, 0.4) is 0 Å². The summed E-state index contributed by atoms with van der Waals surface area (Å²) in [5.74, 6) is 3.18. The molecule has 3 heterocycles. The van der Waals surface area contributed by atoms with Crippen LogP contribution in [0.4, 0.5) is 5.95 Å². The first-order valence-electron chi connectivity index (χ1n) is 8.40. The smallest absolute Gasteiger partial charge is 0.220 e. The number of rotatable bonds is 5. The van der Waals surface area contributed by atoms with Crippen molar-refractivity contribution in [2.24, 2.45) is 5.92 Å². The lowest BCUT2D eigenvalue weighted by Crippen LogP contribution is -2.10. The maximum atomic E-state index is 5.74. The topological polar surface area (TPSA) is 95.4 Å². The van der Waals surface area contributed by atoms with Gasteiger partial charge in [0.15, 0.2) is 11.6 Å². The van der Waals surface area contributed by atoms with Gasteiger partial charge in [-0.1, -0.05) is 19.9 Å². The van der Waals surface area contributed by atoms with E-state index in [0.717, 1.165) is 40.8 Å². The lowest BCUT2D eigenvalue weighted by atomic mass is 10.1. The quantitative estimate of drug-likeness (QED) is 0.768. The predicted octanol–water partition coefficient (Wildman–Crippen LogP) is 2.44. The lowest BCUT2D eigenvalue weighted by molar-refractivity contribution is 0.618. The molecular formula is C18H23N7. The summed E-state index contributed by atoms with van der Waals surface area (Å²) in [5.41, 5.74) is 8.49. The average molecular weight is 337 g/mol. The lowest BCUT2D eigenvalue weighted by Gasteiger charge is -2.09. The van der Waals surface area contributed by atoms with Gasteiger partial charge in [0.05, 0.1) is 0 Å². The monoisotopic (exact) mass is 337 g/mol. The standard InChI is InChI=1S/C18H23N7/c1-11(2)9-15-23-17(25(24-15)16-7-5-6-8-20-16)10-14-12(3)21-18(19)22-13(14)4/h5-8,11H,9-10H2,1-4H3,(H2,19,21,22). The predicted molar refractivity (Wildman–Crippen MR) is 96.4 cm³/mol. The fraction of sp³-hybridized carbons (Fsp3) is 0.389. The van der Waals surface area contributed by atoms with Gasteiger partial charge in [-0.25, -0.2) is 19.9 Å². The van der Waals surface area contributed by atoms with Crippen LogP contribution < -0.4 is 5.73 Å². The zero-order chi connectivity index (χ0) is 18.0.